The van der Waals surface area contributed by atoms with Gasteiger partial charge >= 0.3 is 0 Å². The molecule has 70 valence electrons. The molecule has 3 heteroatoms. The number of rotatable bonds is 1. The summed E-state index contributed by atoms with van der Waals surface area (Å²) in [6.07, 6.45) is 4.46. The van der Waals surface area contributed by atoms with Crippen LogP contribution in [-0.2, 0) is 10.3 Å². The molecule has 1 aromatic heterocycles. The maximum Gasteiger partial charge on any atom is 0.0920 e. The van der Waals surface area contributed by atoms with Crippen molar-refractivity contribution in [1.29, 1.82) is 0 Å². The van der Waals surface area contributed by atoms with E-state index in [4.69, 9.17) is 10.5 Å². The van der Waals surface area contributed by atoms with Crippen LogP contribution in [0.5, 0.6) is 0 Å². The van der Waals surface area contributed by atoms with Crippen molar-refractivity contribution >= 4 is 0 Å². The van der Waals surface area contributed by atoms with Crippen molar-refractivity contribution < 1.29 is 4.74 Å². The molecule has 0 aromatic carbocycles. The monoisotopic (exact) mass is 178 g/mol. The quantitative estimate of drug-likeness (QED) is 0.699. The summed E-state index contributed by atoms with van der Waals surface area (Å²) in [7, 11) is 0. The molecular formula is C10H14N2O. The molecule has 2 N–H and O–H groups in total. The highest BCUT2D eigenvalue weighted by atomic mass is 16.5. The Morgan fingerprint density at radius 2 is 2.23 bits per heavy atom. The van der Waals surface area contributed by atoms with Gasteiger partial charge in [-0.1, -0.05) is 0 Å². The van der Waals surface area contributed by atoms with Crippen molar-refractivity contribution in [1.82, 2.24) is 4.98 Å². The number of pyridine rings is 1. The minimum atomic E-state index is -0.206. The molecule has 13 heavy (non-hydrogen) atoms. The Labute approximate surface area is 77.9 Å². The molecule has 1 aromatic rings. The highest BCUT2D eigenvalue weighted by Crippen LogP contribution is 2.34. The molecule has 2 heterocycles. The molecule has 0 aliphatic carbocycles. The molecule has 0 saturated carbocycles. The fourth-order valence-corrected chi connectivity index (χ4v) is 1.81. The summed E-state index contributed by atoms with van der Waals surface area (Å²) < 4.78 is 5.69. The molecule has 0 bridgehead atoms. The number of hydrogen-bond acceptors (Lipinski definition) is 3. The second-order valence-electron chi connectivity index (χ2n) is 3.74. The lowest BCUT2D eigenvalue weighted by Crippen LogP contribution is -2.23. The van der Waals surface area contributed by atoms with Gasteiger partial charge in [0.2, 0.25) is 0 Å². The predicted octanol–water partition coefficient (Wildman–Crippen LogP) is 1.04. The lowest BCUT2D eigenvalue weighted by molar-refractivity contribution is 0.0164. The smallest absolute Gasteiger partial charge is 0.0920 e. The molecular weight excluding hydrogens is 164 g/mol. The average molecular weight is 178 g/mol. The Hall–Kier alpha value is -0.930. The number of aromatic nitrogens is 1. The summed E-state index contributed by atoms with van der Waals surface area (Å²) >= 11 is 0. The number of nitrogens with zero attached hydrogens (tertiary/aromatic N) is 1. The molecule has 2 rings (SSSR count). The van der Waals surface area contributed by atoms with Crippen LogP contribution in [0, 0.1) is 0 Å². The molecule has 3 nitrogen and oxygen atoms in total. The van der Waals surface area contributed by atoms with Gasteiger partial charge in [0, 0.05) is 18.4 Å². The topological polar surface area (TPSA) is 48.1 Å². The van der Waals surface area contributed by atoms with Crippen LogP contribution in [0.2, 0.25) is 0 Å². The van der Waals surface area contributed by atoms with E-state index >= 15 is 0 Å². The highest BCUT2D eigenvalue weighted by molar-refractivity contribution is 5.20. The van der Waals surface area contributed by atoms with E-state index in [0.717, 1.165) is 12.0 Å². The first-order valence-corrected chi connectivity index (χ1v) is 4.51. The predicted molar refractivity (Wildman–Crippen MR) is 50.1 cm³/mol. The largest absolute Gasteiger partial charge is 0.369 e. The maximum atomic E-state index is 5.81. The van der Waals surface area contributed by atoms with E-state index in [1.807, 2.05) is 12.1 Å². The number of ether oxygens (including phenoxy) is 1. The minimum Gasteiger partial charge on any atom is -0.369 e. The second kappa shape index (κ2) is 3.09. The molecule has 0 spiro atoms. The van der Waals surface area contributed by atoms with Gasteiger partial charge in [-0.15, -0.1) is 0 Å². The maximum absolute atomic E-state index is 5.81. The first-order chi connectivity index (χ1) is 6.21. The lowest BCUT2D eigenvalue weighted by atomic mass is 9.93. The zero-order valence-electron chi connectivity index (χ0n) is 7.73. The first kappa shape index (κ1) is 8.66. The van der Waals surface area contributed by atoms with Gasteiger partial charge in [-0.3, -0.25) is 4.98 Å². The lowest BCUT2D eigenvalue weighted by Gasteiger charge is -2.23. The Balaban J connectivity index is 2.26. The van der Waals surface area contributed by atoms with Crippen molar-refractivity contribution in [3.8, 4) is 0 Å². The normalized spacial score (nSPS) is 33.5. The van der Waals surface area contributed by atoms with Crippen molar-refractivity contribution in [2.45, 2.75) is 25.0 Å². The van der Waals surface area contributed by atoms with E-state index in [-0.39, 0.29) is 11.6 Å². The highest BCUT2D eigenvalue weighted by Gasteiger charge is 2.35. The Morgan fingerprint density at radius 1 is 1.54 bits per heavy atom. The van der Waals surface area contributed by atoms with E-state index in [2.05, 4.69) is 11.9 Å². The van der Waals surface area contributed by atoms with E-state index in [9.17, 15) is 0 Å². The van der Waals surface area contributed by atoms with Crippen LogP contribution < -0.4 is 5.73 Å². The number of nitrogens with two attached hydrogens (primary N) is 1. The molecule has 2 atom stereocenters. The summed E-state index contributed by atoms with van der Waals surface area (Å²) in [5.41, 5.74) is 6.76. The van der Waals surface area contributed by atoms with Gasteiger partial charge in [-0.25, -0.2) is 0 Å². The van der Waals surface area contributed by atoms with E-state index in [1.54, 1.807) is 12.4 Å². The van der Waals surface area contributed by atoms with Gasteiger partial charge in [0.25, 0.3) is 0 Å². The van der Waals surface area contributed by atoms with Gasteiger partial charge in [-0.05, 0) is 31.0 Å². The SMILES string of the molecule is CC1(c2ccncc2)CC(N)CO1. The van der Waals surface area contributed by atoms with Crippen molar-refractivity contribution in [2.75, 3.05) is 6.61 Å². The molecule has 0 amide bonds. The summed E-state index contributed by atoms with van der Waals surface area (Å²) in [6.45, 7) is 2.73. The van der Waals surface area contributed by atoms with Gasteiger partial charge in [0.15, 0.2) is 0 Å². The second-order valence-corrected chi connectivity index (χ2v) is 3.74. The van der Waals surface area contributed by atoms with E-state index in [0.29, 0.717) is 6.61 Å². The summed E-state index contributed by atoms with van der Waals surface area (Å²) in [5.74, 6) is 0. The Morgan fingerprint density at radius 3 is 2.77 bits per heavy atom. The Bertz CT molecular complexity index is 288. The third-order valence-corrected chi connectivity index (χ3v) is 2.56. The first-order valence-electron chi connectivity index (χ1n) is 4.51. The average Bonchev–Trinajstić information content (AvgIpc) is 2.49. The van der Waals surface area contributed by atoms with Crippen molar-refractivity contribution in [3.05, 3.63) is 30.1 Å². The van der Waals surface area contributed by atoms with E-state index < -0.39 is 0 Å². The molecule has 1 fully saturated rings. The molecule has 1 saturated heterocycles. The van der Waals surface area contributed by atoms with E-state index in [1.165, 1.54) is 0 Å². The molecule has 0 radical (unpaired) electrons. The minimum absolute atomic E-state index is 0.165. The van der Waals surface area contributed by atoms with Gasteiger partial charge in [0.1, 0.15) is 0 Å². The fourth-order valence-electron chi connectivity index (χ4n) is 1.81. The molecule has 1 aliphatic heterocycles. The third-order valence-electron chi connectivity index (χ3n) is 2.56. The van der Waals surface area contributed by atoms with Gasteiger partial charge in [0.05, 0.1) is 12.2 Å². The fraction of sp³-hybridized carbons (Fsp3) is 0.500. The van der Waals surface area contributed by atoms with Gasteiger partial charge < -0.3 is 10.5 Å². The van der Waals surface area contributed by atoms with Crippen LogP contribution in [0.15, 0.2) is 24.5 Å². The van der Waals surface area contributed by atoms with Crippen molar-refractivity contribution in [2.24, 2.45) is 5.73 Å². The summed E-state index contributed by atoms with van der Waals surface area (Å²) in [5, 5.41) is 0. The standard InChI is InChI=1S/C10H14N2O/c1-10(6-9(11)7-13-10)8-2-4-12-5-3-8/h2-5,9H,6-7,11H2,1H3. The van der Waals surface area contributed by atoms with Gasteiger partial charge in [-0.2, -0.15) is 0 Å². The summed E-state index contributed by atoms with van der Waals surface area (Å²) in [4.78, 5) is 3.98. The van der Waals surface area contributed by atoms with Crippen LogP contribution >= 0.6 is 0 Å². The van der Waals surface area contributed by atoms with Crippen molar-refractivity contribution in [3.63, 3.8) is 0 Å². The Kier molecular flexibility index (Phi) is 2.06. The van der Waals surface area contributed by atoms with Crippen LogP contribution in [0.4, 0.5) is 0 Å². The molecule has 2 unspecified atom stereocenters. The van der Waals surface area contributed by atoms with Crippen LogP contribution in [-0.4, -0.2) is 17.6 Å². The summed E-state index contributed by atoms with van der Waals surface area (Å²) in [6, 6.07) is 4.13. The van der Waals surface area contributed by atoms with Crippen LogP contribution in [0.3, 0.4) is 0 Å². The van der Waals surface area contributed by atoms with Crippen LogP contribution in [0.25, 0.3) is 0 Å². The third kappa shape index (κ3) is 1.57. The zero-order chi connectivity index (χ0) is 9.31. The van der Waals surface area contributed by atoms with Crippen LogP contribution in [0.1, 0.15) is 18.9 Å². The molecule has 1 aliphatic rings. The zero-order valence-corrected chi connectivity index (χ0v) is 7.73. The number of hydrogen-bond donors (Lipinski definition) is 1.